The van der Waals surface area contributed by atoms with Crippen LogP contribution >= 0.6 is 0 Å². The molecule has 0 radical (unpaired) electrons. The molecule has 3 atom stereocenters. The fourth-order valence-electron chi connectivity index (χ4n) is 4.12. The summed E-state index contributed by atoms with van der Waals surface area (Å²) in [5, 5.41) is 14.1. The van der Waals surface area contributed by atoms with Gasteiger partial charge < -0.3 is 24.6 Å². The maximum absolute atomic E-state index is 10.5. The Morgan fingerprint density at radius 3 is 1.93 bits per heavy atom. The van der Waals surface area contributed by atoms with Crippen molar-refractivity contribution < 1.29 is 19.3 Å². The first kappa shape index (κ1) is 22.6. The summed E-state index contributed by atoms with van der Waals surface area (Å²) in [6.45, 7) is 3.10. The summed E-state index contributed by atoms with van der Waals surface area (Å²) in [6, 6.07) is 16.2. The van der Waals surface area contributed by atoms with Gasteiger partial charge in [0.1, 0.15) is 17.6 Å². The van der Waals surface area contributed by atoms with E-state index in [2.05, 4.69) is 12.2 Å². The van der Waals surface area contributed by atoms with E-state index in [-0.39, 0.29) is 12.7 Å². The Morgan fingerprint density at radius 1 is 0.900 bits per heavy atom. The van der Waals surface area contributed by atoms with Gasteiger partial charge in [-0.05, 0) is 54.2 Å². The molecule has 0 aliphatic heterocycles. The number of benzene rings is 2. The van der Waals surface area contributed by atoms with E-state index in [4.69, 9.17) is 14.2 Å². The zero-order valence-electron chi connectivity index (χ0n) is 18.3. The Morgan fingerprint density at radius 2 is 1.43 bits per heavy atom. The lowest BCUT2D eigenvalue weighted by Gasteiger charge is -2.30. The smallest absolute Gasteiger partial charge is 0.118 e. The third-order valence-corrected chi connectivity index (χ3v) is 6.02. The Balaban J connectivity index is 1.63. The molecule has 1 aliphatic rings. The molecule has 2 N–H and O–H groups in total. The van der Waals surface area contributed by atoms with Gasteiger partial charge in [0, 0.05) is 12.6 Å². The van der Waals surface area contributed by atoms with Gasteiger partial charge in [-0.3, -0.25) is 0 Å². The Kier molecular flexibility index (Phi) is 8.55. The summed E-state index contributed by atoms with van der Waals surface area (Å²) >= 11 is 0. The molecule has 0 bridgehead atoms. The summed E-state index contributed by atoms with van der Waals surface area (Å²) in [6.07, 6.45) is 4.21. The molecule has 1 aliphatic carbocycles. The molecule has 0 amide bonds. The van der Waals surface area contributed by atoms with E-state index < -0.39 is 6.10 Å². The normalized spacial score (nSPS) is 20.2. The number of methoxy groups -OCH3 is 2. The predicted octanol–water partition coefficient (Wildman–Crippen LogP) is 4.34. The topological polar surface area (TPSA) is 60.0 Å². The van der Waals surface area contributed by atoms with Crippen LogP contribution < -0.4 is 14.8 Å². The molecule has 164 valence electrons. The van der Waals surface area contributed by atoms with E-state index in [1.54, 1.807) is 14.2 Å². The molecule has 0 spiro atoms. The third-order valence-electron chi connectivity index (χ3n) is 6.02. The molecule has 30 heavy (non-hydrogen) atoms. The number of aliphatic hydroxyl groups excluding tert-OH is 1. The molecule has 0 heterocycles. The summed E-state index contributed by atoms with van der Waals surface area (Å²) in [4.78, 5) is 0. The molecule has 1 fully saturated rings. The van der Waals surface area contributed by atoms with Crippen molar-refractivity contribution in [1.29, 1.82) is 0 Å². The lowest BCUT2D eigenvalue weighted by Crippen LogP contribution is -2.42. The zero-order valence-corrected chi connectivity index (χ0v) is 18.3. The first-order valence-corrected chi connectivity index (χ1v) is 10.9. The zero-order chi connectivity index (χ0) is 21.3. The molecule has 2 aromatic carbocycles. The maximum Gasteiger partial charge on any atom is 0.118 e. The van der Waals surface area contributed by atoms with Crippen LogP contribution in [0, 0.1) is 5.92 Å². The minimum absolute atomic E-state index is 0.261. The average Bonchev–Trinajstić information content (AvgIpc) is 2.79. The van der Waals surface area contributed by atoms with Gasteiger partial charge in [-0.25, -0.2) is 0 Å². The van der Waals surface area contributed by atoms with Crippen molar-refractivity contribution in [1.82, 2.24) is 5.32 Å². The van der Waals surface area contributed by atoms with Gasteiger partial charge >= 0.3 is 0 Å². The fourth-order valence-corrected chi connectivity index (χ4v) is 4.12. The second-order valence-electron chi connectivity index (χ2n) is 8.19. The number of rotatable bonds is 10. The van der Waals surface area contributed by atoms with Crippen molar-refractivity contribution in [3.63, 3.8) is 0 Å². The summed E-state index contributed by atoms with van der Waals surface area (Å²) in [5.41, 5.74) is 2.03. The van der Waals surface area contributed by atoms with Gasteiger partial charge in [-0.2, -0.15) is 0 Å². The molecule has 5 nitrogen and oxygen atoms in total. The number of hydrogen-bond donors (Lipinski definition) is 2. The molecule has 0 unspecified atom stereocenters. The van der Waals surface area contributed by atoms with Crippen molar-refractivity contribution in [3.05, 3.63) is 59.7 Å². The van der Waals surface area contributed by atoms with Gasteiger partial charge in [-0.1, -0.05) is 44.0 Å². The molecular formula is C25H35NO4. The first-order valence-electron chi connectivity index (χ1n) is 10.9. The van der Waals surface area contributed by atoms with Crippen molar-refractivity contribution in [3.8, 4) is 11.5 Å². The predicted molar refractivity (Wildman–Crippen MR) is 119 cm³/mol. The SMILES string of the molecule is COc1ccc(C(OC[C@@H](O)CN[C@H]2CCCC[C@H]2C)c2ccc(OC)cc2)cc1. The second kappa shape index (κ2) is 11.3. The van der Waals surface area contributed by atoms with Gasteiger partial charge in [-0.15, -0.1) is 0 Å². The average molecular weight is 414 g/mol. The molecule has 1 saturated carbocycles. The van der Waals surface area contributed by atoms with Crippen LogP contribution in [-0.2, 0) is 4.74 Å². The Labute approximate surface area is 180 Å². The largest absolute Gasteiger partial charge is 0.497 e. The minimum atomic E-state index is -0.557. The van der Waals surface area contributed by atoms with Crippen LogP contribution in [0.25, 0.3) is 0 Å². The monoisotopic (exact) mass is 413 g/mol. The number of aliphatic hydroxyl groups is 1. The highest BCUT2D eigenvalue weighted by Crippen LogP contribution is 2.29. The fraction of sp³-hybridized carbons (Fsp3) is 0.520. The van der Waals surface area contributed by atoms with Crippen molar-refractivity contribution in [2.75, 3.05) is 27.4 Å². The van der Waals surface area contributed by atoms with Crippen molar-refractivity contribution in [2.24, 2.45) is 5.92 Å². The number of hydrogen-bond acceptors (Lipinski definition) is 5. The van der Waals surface area contributed by atoms with Crippen LogP contribution in [0.4, 0.5) is 0 Å². The Hall–Kier alpha value is -2.08. The van der Waals surface area contributed by atoms with Gasteiger partial charge in [0.25, 0.3) is 0 Å². The maximum atomic E-state index is 10.5. The molecule has 5 heteroatoms. The highest BCUT2D eigenvalue weighted by molar-refractivity contribution is 5.36. The molecular weight excluding hydrogens is 378 g/mol. The molecule has 0 aromatic heterocycles. The van der Waals surface area contributed by atoms with Gasteiger partial charge in [0.2, 0.25) is 0 Å². The van der Waals surface area contributed by atoms with E-state index in [0.29, 0.717) is 18.5 Å². The van der Waals surface area contributed by atoms with E-state index in [9.17, 15) is 5.11 Å². The standard InChI is InChI=1S/C25H35NO4/c1-18-6-4-5-7-24(18)26-16-21(27)17-30-25(19-8-12-22(28-2)13-9-19)20-10-14-23(29-3)15-11-20/h8-15,18,21,24-27H,4-7,16-17H2,1-3H3/t18-,21+,24+/m1/s1. The van der Waals surface area contributed by atoms with Crippen molar-refractivity contribution >= 4 is 0 Å². The Bertz CT molecular complexity index is 699. The van der Waals surface area contributed by atoms with Crippen LogP contribution in [-0.4, -0.2) is 44.6 Å². The number of ether oxygens (including phenoxy) is 3. The van der Waals surface area contributed by atoms with Gasteiger partial charge in [0.05, 0.1) is 26.9 Å². The lowest BCUT2D eigenvalue weighted by molar-refractivity contribution is 0.00444. The van der Waals surface area contributed by atoms with Crippen LogP contribution in [0.3, 0.4) is 0 Å². The number of nitrogens with one attached hydrogen (secondary N) is 1. The van der Waals surface area contributed by atoms with Crippen molar-refractivity contribution in [2.45, 2.75) is 50.9 Å². The highest BCUT2D eigenvalue weighted by Gasteiger charge is 2.22. The van der Waals surface area contributed by atoms with Crippen LogP contribution in [0.2, 0.25) is 0 Å². The summed E-state index contributed by atoms with van der Waals surface area (Å²) in [5.74, 6) is 2.27. The second-order valence-corrected chi connectivity index (χ2v) is 8.19. The molecule has 3 rings (SSSR count). The lowest BCUT2D eigenvalue weighted by atomic mass is 9.86. The van der Waals surface area contributed by atoms with Gasteiger partial charge in [0.15, 0.2) is 0 Å². The van der Waals surface area contributed by atoms with E-state index in [1.165, 1.54) is 25.7 Å². The molecule has 0 saturated heterocycles. The van der Waals surface area contributed by atoms with E-state index in [1.807, 2.05) is 48.5 Å². The minimum Gasteiger partial charge on any atom is -0.497 e. The highest BCUT2D eigenvalue weighted by atomic mass is 16.5. The summed E-state index contributed by atoms with van der Waals surface area (Å²) < 4.78 is 16.8. The van der Waals surface area contributed by atoms with E-state index >= 15 is 0 Å². The summed E-state index contributed by atoms with van der Waals surface area (Å²) in [7, 11) is 3.31. The van der Waals surface area contributed by atoms with E-state index in [0.717, 1.165) is 22.6 Å². The quantitative estimate of drug-likeness (QED) is 0.607. The van der Waals surface area contributed by atoms with Crippen LogP contribution in [0.15, 0.2) is 48.5 Å². The molecule has 2 aromatic rings. The first-order chi connectivity index (χ1) is 14.6. The van der Waals surface area contributed by atoms with Crippen LogP contribution in [0.5, 0.6) is 11.5 Å². The van der Waals surface area contributed by atoms with Crippen LogP contribution in [0.1, 0.15) is 49.8 Å². The third kappa shape index (κ3) is 6.21.